The van der Waals surface area contributed by atoms with Gasteiger partial charge in [0.05, 0.1) is 16.6 Å². The third-order valence-corrected chi connectivity index (χ3v) is 3.44. The van der Waals surface area contributed by atoms with E-state index in [9.17, 15) is 9.59 Å². The van der Waals surface area contributed by atoms with Crippen molar-refractivity contribution < 1.29 is 14.7 Å². The van der Waals surface area contributed by atoms with Crippen LogP contribution in [0.5, 0.6) is 0 Å². The van der Waals surface area contributed by atoms with E-state index in [1.54, 1.807) is 24.3 Å². The summed E-state index contributed by atoms with van der Waals surface area (Å²) < 4.78 is 0. The van der Waals surface area contributed by atoms with Crippen LogP contribution in [0.25, 0.3) is 0 Å². The summed E-state index contributed by atoms with van der Waals surface area (Å²) in [6.07, 6.45) is 0.331. The molecule has 0 aromatic heterocycles. The van der Waals surface area contributed by atoms with Crippen molar-refractivity contribution in [2.24, 2.45) is 5.92 Å². The van der Waals surface area contributed by atoms with Crippen LogP contribution in [0.15, 0.2) is 24.3 Å². The van der Waals surface area contributed by atoms with Gasteiger partial charge in [-0.15, -0.1) is 0 Å². The van der Waals surface area contributed by atoms with Gasteiger partial charge in [0, 0.05) is 26.1 Å². The zero-order valence-corrected chi connectivity index (χ0v) is 11.1. The van der Waals surface area contributed by atoms with Crippen LogP contribution in [0.3, 0.4) is 0 Å². The molecule has 1 fully saturated rings. The molecule has 0 radical (unpaired) electrons. The van der Waals surface area contributed by atoms with Gasteiger partial charge in [-0.3, -0.25) is 9.59 Å². The number of nitrogens with zero attached hydrogens (tertiary/aromatic N) is 1. The van der Waals surface area contributed by atoms with Gasteiger partial charge in [-0.25, -0.2) is 0 Å². The van der Waals surface area contributed by atoms with E-state index in [-0.39, 0.29) is 11.8 Å². The number of carboxylic acids is 1. The van der Waals surface area contributed by atoms with Gasteiger partial charge in [0.25, 0.3) is 0 Å². The Balaban J connectivity index is 1.72. The number of para-hydroxylation sites is 1. The molecular weight excluding hydrogens is 268 g/mol. The molecule has 19 heavy (non-hydrogen) atoms. The summed E-state index contributed by atoms with van der Waals surface area (Å²) in [5.41, 5.74) is 0.598. The van der Waals surface area contributed by atoms with E-state index in [1.807, 2.05) is 4.90 Å². The number of hydrogen-bond donors (Lipinski definition) is 2. The van der Waals surface area contributed by atoms with E-state index < -0.39 is 5.97 Å². The molecule has 2 rings (SSSR count). The van der Waals surface area contributed by atoms with Crippen LogP contribution in [-0.2, 0) is 9.59 Å². The topological polar surface area (TPSA) is 69.6 Å². The molecule has 1 aromatic carbocycles. The molecule has 1 heterocycles. The number of hydrogen-bond acceptors (Lipinski definition) is 3. The number of halogens is 1. The molecule has 0 spiro atoms. The molecule has 1 saturated heterocycles. The van der Waals surface area contributed by atoms with Gasteiger partial charge in [-0.05, 0) is 12.1 Å². The first kappa shape index (κ1) is 13.8. The highest BCUT2D eigenvalue weighted by Crippen LogP contribution is 2.21. The van der Waals surface area contributed by atoms with E-state index in [0.717, 1.165) is 0 Å². The van der Waals surface area contributed by atoms with Crippen LogP contribution in [-0.4, -0.2) is 41.5 Å². The van der Waals surface area contributed by atoms with Crippen LogP contribution in [0.1, 0.15) is 6.42 Å². The van der Waals surface area contributed by atoms with Gasteiger partial charge in [-0.1, -0.05) is 23.7 Å². The number of likely N-dealkylation sites (tertiary alicyclic amines) is 1. The van der Waals surface area contributed by atoms with Gasteiger partial charge in [0.2, 0.25) is 5.91 Å². The van der Waals surface area contributed by atoms with E-state index in [4.69, 9.17) is 16.7 Å². The zero-order chi connectivity index (χ0) is 13.8. The lowest BCUT2D eigenvalue weighted by Gasteiger charge is -2.36. The van der Waals surface area contributed by atoms with Crippen molar-refractivity contribution in [2.75, 3.05) is 25.0 Å². The van der Waals surface area contributed by atoms with Crippen molar-refractivity contribution in [3.63, 3.8) is 0 Å². The molecule has 0 aliphatic carbocycles. The molecule has 1 aliphatic heterocycles. The molecule has 2 N–H and O–H groups in total. The first-order valence-electron chi connectivity index (χ1n) is 6.06. The number of rotatable bonds is 5. The van der Waals surface area contributed by atoms with Crippen molar-refractivity contribution in [3.8, 4) is 0 Å². The Morgan fingerprint density at radius 2 is 2.05 bits per heavy atom. The van der Waals surface area contributed by atoms with Crippen LogP contribution in [0.4, 0.5) is 5.69 Å². The Hall–Kier alpha value is -1.59. The second-order valence-corrected chi connectivity index (χ2v) is 4.98. The third-order valence-electron chi connectivity index (χ3n) is 3.11. The lowest BCUT2D eigenvalue weighted by molar-refractivity contribution is -0.147. The normalized spacial score (nSPS) is 15.8. The number of carbonyl (C=O) groups is 2. The van der Waals surface area contributed by atoms with Crippen molar-refractivity contribution in [3.05, 3.63) is 29.3 Å². The maximum Gasteiger partial charge on any atom is 0.309 e. The zero-order valence-electron chi connectivity index (χ0n) is 10.3. The fraction of sp³-hybridized carbons (Fsp3) is 0.385. The highest BCUT2D eigenvalue weighted by Gasteiger charge is 2.32. The molecule has 1 aliphatic rings. The van der Waals surface area contributed by atoms with Crippen molar-refractivity contribution >= 4 is 29.2 Å². The maximum absolute atomic E-state index is 11.7. The molecule has 102 valence electrons. The number of carboxylic acid groups (broad SMARTS) is 1. The summed E-state index contributed by atoms with van der Waals surface area (Å²) in [7, 11) is 0. The fourth-order valence-corrected chi connectivity index (χ4v) is 2.13. The Bertz CT molecular complexity index is 487. The Morgan fingerprint density at radius 1 is 1.37 bits per heavy atom. The number of anilines is 1. The van der Waals surface area contributed by atoms with E-state index in [0.29, 0.717) is 36.8 Å². The highest BCUT2D eigenvalue weighted by molar-refractivity contribution is 6.33. The van der Waals surface area contributed by atoms with E-state index in [2.05, 4.69) is 5.32 Å². The molecule has 0 unspecified atom stereocenters. The summed E-state index contributed by atoms with van der Waals surface area (Å²) in [6.45, 7) is 1.61. The molecule has 0 bridgehead atoms. The van der Waals surface area contributed by atoms with Crippen molar-refractivity contribution in [1.82, 2.24) is 4.90 Å². The standard InChI is InChI=1S/C13H15ClN2O3/c14-10-3-1-2-4-11(10)15-12(17)5-6-16-7-9(8-16)13(18)19/h1-4,9H,5-8H2,(H,15,17)(H,18,19). The van der Waals surface area contributed by atoms with Gasteiger partial charge in [-0.2, -0.15) is 0 Å². The summed E-state index contributed by atoms with van der Waals surface area (Å²) in [6, 6.07) is 7.05. The van der Waals surface area contributed by atoms with Gasteiger partial charge in [0.1, 0.15) is 0 Å². The number of nitrogens with one attached hydrogen (secondary N) is 1. The van der Waals surface area contributed by atoms with Crippen LogP contribution < -0.4 is 5.32 Å². The predicted octanol–water partition coefficient (Wildman–Crippen LogP) is 1.68. The fourth-order valence-electron chi connectivity index (χ4n) is 1.94. The summed E-state index contributed by atoms with van der Waals surface area (Å²) in [5, 5.41) is 12.0. The quantitative estimate of drug-likeness (QED) is 0.862. The number of carbonyl (C=O) groups excluding carboxylic acids is 1. The van der Waals surface area contributed by atoms with E-state index >= 15 is 0 Å². The SMILES string of the molecule is O=C(CCN1CC(C(=O)O)C1)Nc1ccccc1Cl. The molecule has 6 heteroatoms. The average molecular weight is 283 g/mol. The van der Waals surface area contributed by atoms with Gasteiger partial charge in [0.15, 0.2) is 0 Å². The van der Waals surface area contributed by atoms with Crippen LogP contribution >= 0.6 is 11.6 Å². The second kappa shape index (κ2) is 6.04. The maximum atomic E-state index is 11.7. The monoisotopic (exact) mass is 282 g/mol. The van der Waals surface area contributed by atoms with Gasteiger partial charge >= 0.3 is 5.97 Å². The van der Waals surface area contributed by atoms with Crippen molar-refractivity contribution in [1.29, 1.82) is 0 Å². The molecule has 1 aromatic rings. The first-order chi connectivity index (χ1) is 9.06. The lowest BCUT2D eigenvalue weighted by Crippen LogP contribution is -2.50. The first-order valence-corrected chi connectivity index (χ1v) is 6.43. The molecule has 0 atom stereocenters. The van der Waals surface area contributed by atoms with Crippen LogP contribution in [0, 0.1) is 5.92 Å². The smallest absolute Gasteiger partial charge is 0.309 e. The minimum atomic E-state index is -0.767. The Labute approximate surface area is 116 Å². The second-order valence-electron chi connectivity index (χ2n) is 4.57. The van der Waals surface area contributed by atoms with E-state index in [1.165, 1.54) is 0 Å². The largest absolute Gasteiger partial charge is 0.481 e. The number of amides is 1. The predicted molar refractivity (Wildman–Crippen MR) is 72.3 cm³/mol. The van der Waals surface area contributed by atoms with Crippen molar-refractivity contribution in [2.45, 2.75) is 6.42 Å². The minimum Gasteiger partial charge on any atom is -0.481 e. The summed E-state index contributed by atoms with van der Waals surface area (Å²) >= 11 is 5.93. The van der Waals surface area contributed by atoms with Crippen LogP contribution in [0.2, 0.25) is 5.02 Å². The summed E-state index contributed by atoms with van der Waals surface area (Å²) in [5.74, 6) is -1.17. The molecule has 1 amide bonds. The highest BCUT2D eigenvalue weighted by atomic mass is 35.5. The number of aliphatic carboxylic acids is 1. The number of benzene rings is 1. The third kappa shape index (κ3) is 3.68. The molecular formula is C13H15ClN2O3. The summed E-state index contributed by atoms with van der Waals surface area (Å²) in [4.78, 5) is 24.3. The Kier molecular flexibility index (Phi) is 4.39. The Morgan fingerprint density at radius 3 is 2.68 bits per heavy atom. The van der Waals surface area contributed by atoms with Gasteiger partial charge < -0.3 is 15.3 Å². The lowest BCUT2D eigenvalue weighted by atomic mass is 10.0. The minimum absolute atomic E-state index is 0.119. The average Bonchev–Trinajstić information content (AvgIpc) is 2.29. The molecule has 0 saturated carbocycles. The molecule has 5 nitrogen and oxygen atoms in total.